The molecule has 0 saturated heterocycles. The fourth-order valence-electron chi connectivity index (χ4n) is 2.25. The highest BCUT2D eigenvalue weighted by atomic mass is 16.5. The molecule has 2 aromatic carbocycles. The van der Waals surface area contributed by atoms with Crippen LogP contribution < -0.4 is 10.1 Å². The Morgan fingerprint density at radius 3 is 2.52 bits per heavy atom. The molecule has 1 amide bonds. The van der Waals surface area contributed by atoms with Crippen LogP contribution in [0.2, 0.25) is 0 Å². The van der Waals surface area contributed by atoms with E-state index in [-0.39, 0.29) is 5.91 Å². The second kappa shape index (κ2) is 6.79. The molecule has 0 bridgehead atoms. The summed E-state index contributed by atoms with van der Waals surface area (Å²) in [4.78, 5) is 12.3. The first kappa shape index (κ1) is 14.8. The summed E-state index contributed by atoms with van der Waals surface area (Å²) in [5.74, 6) is 1.20. The van der Waals surface area contributed by atoms with E-state index in [9.17, 15) is 4.79 Å². The number of hydrogen-bond acceptors (Lipinski definition) is 3. The molecule has 23 heavy (non-hydrogen) atoms. The van der Waals surface area contributed by atoms with Gasteiger partial charge in [0.1, 0.15) is 11.6 Å². The highest BCUT2D eigenvalue weighted by Gasteiger charge is 2.10. The number of nitrogens with zero attached hydrogens (tertiary/aromatic N) is 2. The average molecular weight is 307 g/mol. The molecule has 0 aliphatic carbocycles. The van der Waals surface area contributed by atoms with Gasteiger partial charge in [-0.1, -0.05) is 30.3 Å². The van der Waals surface area contributed by atoms with Crippen molar-refractivity contribution in [1.82, 2.24) is 9.78 Å². The third-order valence-electron chi connectivity index (χ3n) is 3.49. The summed E-state index contributed by atoms with van der Waals surface area (Å²) < 4.78 is 6.86. The number of nitrogens with one attached hydrogen (secondary N) is 1. The molecule has 116 valence electrons. The zero-order valence-electron chi connectivity index (χ0n) is 12.8. The van der Waals surface area contributed by atoms with Gasteiger partial charge in [-0.25, -0.2) is 4.68 Å². The molecule has 0 fully saturated rings. The standard InChI is InChI=1S/C18H17N3O2/c1-23-16-9-7-15(8-10-16)18(22)20-17-11-12-19-21(17)13-14-5-3-2-4-6-14/h2-12H,13H2,1H3,(H,20,22). The molecule has 0 aliphatic rings. The van der Waals surface area contributed by atoms with Crippen molar-refractivity contribution >= 4 is 11.7 Å². The lowest BCUT2D eigenvalue weighted by Crippen LogP contribution is -2.16. The molecule has 0 atom stereocenters. The number of carbonyl (C=O) groups is 1. The number of benzene rings is 2. The number of aromatic nitrogens is 2. The minimum atomic E-state index is -0.178. The third kappa shape index (κ3) is 3.58. The highest BCUT2D eigenvalue weighted by Crippen LogP contribution is 2.14. The maximum Gasteiger partial charge on any atom is 0.256 e. The van der Waals surface area contributed by atoms with E-state index in [1.54, 1.807) is 48.3 Å². The Labute approximate surface area is 134 Å². The first-order valence-corrected chi connectivity index (χ1v) is 7.27. The first-order chi connectivity index (χ1) is 11.3. The van der Waals surface area contributed by atoms with Gasteiger partial charge < -0.3 is 10.1 Å². The summed E-state index contributed by atoms with van der Waals surface area (Å²) in [5, 5.41) is 7.15. The molecule has 0 spiro atoms. The molecule has 5 heteroatoms. The van der Waals surface area contributed by atoms with Gasteiger partial charge in [0, 0.05) is 11.6 Å². The van der Waals surface area contributed by atoms with E-state index >= 15 is 0 Å². The van der Waals surface area contributed by atoms with Gasteiger partial charge in [-0.3, -0.25) is 4.79 Å². The van der Waals surface area contributed by atoms with Gasteiger partial charge >= 0.3 is 0 Å². The predicted octanol–water partition coefficient (Wildman–Crippen LogP) is 3.19. The maximum atomic E-state index is 12.3. The van der Waals surface area contributed by atoms with Crippen LogP contribution in [-0.2, 0) is 6.54 Å². The van der Waals surface area contributed by atoms with Crippen molar-refractivity contribution in [2.75, 3.05) is 12.4 Å². The van der Waals surface area contributed by atoms with Gasteiger partial charge in [-0.15, -0.1) is 0 Å². The Hall–Kier alpha value is -3.08. The van der Waals surface area contributed by atoms with Crippen molar-refractivity contribution in [2.24, 2.45) is 0 Å². The van der Waals surface area contributed by atoms with Crippen molar-refractivity contribution in [1.29, 1.82) is 0 Å². The zero-order valence-corrected chi connectivity index (χ0v) is 12.8. The van der Waals surface area contributed by atoms with Crippen LogP contribution in [0.1, 0.15) is 15.9 Å². The topological polar surface area (TPSA) is 56.1 Å². The van der Waals surface area contributed by atoms with E-state index in [1.807, 2.05) is 30.3 Å². The zero-order chi connectivity index (χ0) is 16.1. The molecule has 1 aromatic heterocycles. The fraction of sp³-hybridized carbons (Fsp3) is 0.111. The fourth-order valence-corrected chi connectivity index (χ4v) is 2.25. The quantitative estimate of drug-likeness (QED) is 0.787. The molecule has 0 saturated carbocycles. The van der Waals surface area contributed by atoms with Crippen molar-refractivity contribution in [3.63, 3.8) is 0 Å². The number of carbonyl (C=O) groups excluding carboxylic acids is 1. The van der Waals surface area contributed by atoms with Crippen LogP contribution in [-0.4, -0.2) is 22.8 Å². The summed E-state index contributed by atoms with van der Waals surface area (Å²) in [6, 6.07) is 18.7. The molecule has 5 nitrogen and oxygen atoms in total. The Morgan fingerprint density at radius 2 is 1.83 bits per heavy atom. The van der Waals surface area contributed by atoms with Gasteiger partial charge in [0.2, 0.25) is 0 Å². The number of hydrogen-bond donors (Lipinski definition) is 1. The molecular formula is C18H17N3O2. The van der Waals surface area contributed by atoms with Crippen molar-refractivity contribution in [2.45, 2.75) is 6.54 Å². The second-order valence-electron chi connectivity index (χ2n) is 5.04. The van der Waals surface area contributed by atoms with Crippen LogP contribution in [0.25, 0.3) is 0 Å². The van der Waals surface area contributed by atoms with Crippen molar-refractivity contribution in [3.8, 4) is 5.75 Å². The SMILES string of the molecule is COc1ccc(C(=O)Nc2ccnn2Cc2ccccc2)cc1. The van der Waals surface area contributed by atoms with E-state index in [2.05, 4.69) is 10.4 Å². The van der Waals surface area contributed by atoms with Crippen LogP contribution in [0, 0.1) is 0 Å². The normalized spacial score (nSPS) is 10.3. The average Bonchev–Trinajstić information content (AvgIpc) is 3.02. The van der Waals surface area contributed by atoms with Crippen LogP contribution >= 0.6 is 0 Å². The largest absolute Gasteiger partial charge is 0.497 e. The minimum Gasteiger partial charge on any atom is -0.497 e. The molecule has 1 N–H and O–H groups in total. The molecule has 0 radical (unpaired) electrons. The summed E-state index contributed by atoms with van der Waals surface area (Å²) in [5.41, 5.74) is 1.69. The lowest BCUT2D eigenvalue weighted by Gasteiger charge is -2.09. The Kier molecular flexibility index (Phi) is 4.38. The number of ether oxygens (including phenoxy) is 1. The summed E-state index contributed by atoms with van der Waals surface area (Å²) in [7, 11) is 1.59. The number of methoxy groups -OCH3 is 1. The van der Waals surface area contributed by atoms with E-state index in [0.717, 1.165) is 11.3 Å². The number of anilines is 1. The number of rotatable bonds is 5. The van der Waals surface area contributed by atoms with Crippen molar-refractivity contribution < 1.29 is 9.53 Å². The smallest absolute Gasteiger partial charge is 0.256 e. The van der Waals surface area contributed by atoms with Crippen LogP contribution in [0.3, 0.4) is 0 Å². The summed E-state index contributed by atoms with van der Waals surface area (Å²) in [6.07, 6.45) is 1.67. The molecule has 0 aliphatic heterocycles. The second-order valence-corrected chi connectivity index (χ2v) is 5.04. The Morgan fingerprint density at radius 1 is 1.09 bits per heavy atom. The maximum absolute atomic E-state index is 12.3. The summed E-state index contributed by atoms with van der Waals surface area (Å²) in [6.45, 7) is 0.603. The molecule has 3 rings (SSSR count). The Balaban J connectivity index is 1.73. The predicted molar refractivity (Wildman–Crippen MR) is 88.7 cm³/mol. The van der Waals surface area contributed by atoms with Crippen LogP contribution in [0.15, 0.2) is 66.9 Å². The van der Waals surface area contributed by atoms with E-state index in [0.29, 0.717) is 17.9 Å². The van der Waals surface area contributed by atoms with E-state index in [1.165, 1.54) is 0 Å². The monoisotopic (exact) mass is 307 g/mol. The van der Waals surface area contributed by atoms with Gasteiger partial charge in [0.15, 0.2) is 0 Å². The summed E-state index contributed by atoms with van der Waals surface area (Å²) >= 11 is 0. The number of amides is 1. The highest BCUT2D eigenvalue weighted by molar-refractivity contribution is 6.03. The third-order valence-corrected chi connectivity index (χ3v) is 3.49. The Bertz CT molecular complexity index is 780. The van der Waals surface area contributed by atoms with Gasteiger partial charge in [-0.2, -0.15) is 5.10 Å². The lowest BCUT2D eigenvalue weighted by molar-refractivity contribution is 0.102. The molecule has 1 heterocycles. The van der Waals surface area contributed by atoms with Gasteiger partial charge in [-0.05, 0) is 29.8 Å². The van der Waals surface area contributed by atoms with E-state index < -0.39 is 0 Å². The van der Waals surface area contributed by atoms with Crippen molar-refractivity contribution in [3.05, 3.63) is 78.0 Å². The van der Waals surface area contributed by atoms with Crippen LogP contribution in [0.4, 0.5) is 5.82 Å². The minimum absolute atomic E-state index is 0.178. The van der Waals surface area contributed by atoms with Crippen LogP contribution in [0.5, 0.6) is 5.75 Å². The van der Waals surface area contributed by atoms with Gasteiger partial charge in [0.05, 0.1) is 19.9 Å². The van der Waals surface area contributed by atoms with Gasteiger partial charge in [0.25, 0.3) is 5.91 Å². The van der Waals surface area contributed by atoms with E-state index in [4.69, 9.17) is 4.74 Å². The molecule has 0 unspecified atom stereocenters. The molecule has 3 aromatic rings. The first-order valence-electron chi connectivity index (χ1n) is 7.27. The molecular weight excluding hydrogens is 290 g/mol. The lowest BCUT2D eigenvalue weighted by atomic mass is 10.2.